The Kier molecular flexibility index (Phi) is 2.89. The Bertz CT molecular complexity index is 157. The zero-order valence-corrected chi connectivity index (χ0v) is 8.50. The molecule has 1 aliphatic rings. The van der Waals surface area contributed by atoms with Crippen molar-refractivity contribution in [2.75, 3.05) is 6.54 Å². The van der Waals surface area contributed by atoms with Gasteiger partial charge in [-0.15, -0.1) is 0 Å². The number of rotatable bonds is 2. The molecule has 1 atom stereocenters. The SMILES string of the molecule is CC(C)C1CC(=O)CN1C(C)C. The predicted octanol–water partition coefficient (Wildman–Crippen LogP) is 1.69. The summed E-state index contributed by atoms with van der Waals surface area (Å²) in [5.74, 6) is 1.00. The molecule has 1 saturated heterocycles. The van der Waals surface area contributed by atoms with Gasteiger partial charge in [-0.2, -0.15) is 0 Å². The van der Waals surface area contributed by atoms with Gasteiger partial charge in [0.1, 0.15) is 5.78 Å². The first-order valence-corrected chi connectivity index (χ1v) is 4.79. The molecule has 0 aromatic carbocycles. The van der Waals surface area contributed by atoms with Gasteiger partial charge in [0.2, 0.25) is 0 Å². The van der Waals surface area contributed by atoms with E-state index in [1.807, 2.05) is 0 Å². The highest BCUT2D eigenvalue weighted by molar-refractivity contribution is 5.83. The second kappa shape index (κ2) is 3.56. The van der Waals surface area contributed by atoms with Gasteiger partial charge < -0.3 is 0 Å². The number of likely N-dealkylation sites (tertiary alicyclic amines) is 1. The van der Waals surface area contributed by atoms with E-state index in [9.17, 15) is 4.79 Å². The van der Waals surface area contributed by atoms with Crippen LogP contribution in [0.25, 0.3) is 0 Å². The van der Waals surface area contributed by atoms with Crippen molar-refractivity contribution < 1.29 is 4.79 Å². The largest absolute Gasteiger partial charge is 0.298 e. The predicted molar refractivity (Wildman–Crippen MR) is 50.1 cm³/mol. The van der Waals surface area contributed by atoms with Gasteiger partial charge in [0.15, 0.2) is 0 Å². The average molecular weight is 169 g/mol. The third-order valence-corrected chi connectivity index (χ3v) is 2.65. The Labute approximate surface area is 74.9 Å². The Hall–Kier alpha value is -0.370. The Morgan fingerprint density at radius 2 is 1.92 bits per heavy atom. The van der Waals surface area contributed by atoms with E-state index in [0.717, 1.165) is 6.42 Å². The summed E-state index contributed by atoms with van der Waals surface area (Å²) in [5, 5.41) is 0. The lowest BCUT2D eigenvalue weighted by atomic mass is 10.0. The summed E-state index contributed by atoms with van der Waals surface area (Å²) in [5.41, 5.74) is 0. The second-order valence-electron chi connectivity index (χ2n) is 4.32. The molecule has 1 fully saturated rings. The highest BCUT2D eigenvalue weighted by Crippen LogP contribution is 2.23. The number of nitrogens with zero attached hydrogens (tertiary/aromatic N) is 1. The Morgan fingerprint density at radius 1 is 1.33 bits per heavy atom. The van der Waals surface area contributed by atoms with Crippen LogP contribution < -0.4 is 0 Å². The van der Waals surface area contributed by atoms with Crippen molar-refractivity contribution in [1.82, 2.24) is 4.90 Å². The van der Waals surface area contributed by atoms with Crippen LogP contribution in [0.3, 0.4) is 0 Å². The molecule has 70 valence electrons. The minimum absolute atomic E-state index is 0.405. The average Bonchev–Trinajstić information content (AvgIpc) is 2.31. The molecule has 0 bridgehead atoms. The molecule has 1 rings (SSSR count). The molecule has 0 radical (unpaired) electrons. The van der Waals surface area contributed by atoms with Crippen molar-refractivity contribution in [1.29, 1.82) is 0 Å². The van der Waals surface area contributed by atoms with E-state index in [0.29, 0.717) is 30.3 Å². The van der Waals surface area contributed by atoms with Crippen molar-refractivity contribution in [3.63, 3.8) is 0 Å². The van der Waals surface area contributed by atoms with E-state index in [-0.39, 0.29) is 0 Å². The van der Waals surface area contributed by atoms with Gasteiger partial charge in [-0.3, -0.25) is 9.69 Å². The van der Waals surface area contributed by atoms with Crippen LogP contribution in [0.2, 0.25) is 0 Å². The number of carbonyl (C=O) groups is 1. The summed E-state index contributed by atoms with van der Waals surface area (Å²) in [6, 6.07) is 0.987. The van der Waals surface area contributed by atoms with Gasteiger partial charge in [0.05, 0.1) is 6.54 Å². The zero-order chi connectivity index (χ0) is 9.30. The van der Waals surface area contributed by atoms with Gasteiger partial charge in [0.25, 0.3) is 0 Å². The van der Waals surface area contributed by atoms with Gasteiger partial charge in [0, 0.05) is 18.5 Å². The monoisotopic (exact) mass is 169 g/mol. The molecule has 1 heterocycles. The lowest BCUT2D eigenvalue weighted by molar-refractivity contribution is -0.117. The van der Waals surface area contributed by atoms with E-state index in [2.05, 4.69) is 32.6 Å². The molecule has 1 unspecified atom stereocenters. The summed E-state index contributed by atoms with van der Waals surface area (Å²) in [6.07, 6.45) is 0.760. The van der Waals surface area contributed by atoms with Crippen molar-refractivity contribution in [2.45, 2.75) is 46.2 Å². The highest BCUT2D eigenvalue weighted by Gasteiger charge is 2.33. The number of ketones is 1. The van der Waals surface area contributed by atoms with E-state index in [1.165, 1.54) is 0 Å². The van der Waals surface area contributed by atoms with E-state index in [4.69, 9.17) is 0 Å². The topological polar surface area (TPSA) is 20.3 Å². The van der Waals surface area contributed by atoms with Crippen LogP contribution in [0.4, 0.5) is 0 Å². The molecule has 0 amide bonds. The minimum Gasteiger partial charge on any atom is -0.298 e. The highest BCUT2D eigenvalue weighted by atomic mass is 16.1. The Balaban J connectivity index is 2.65. The molecule has 0 aromatic heterocycles. The first-order valence-electron chi connectivity index (χ1n) is 4.79. The van der Waals surface area contributed by atoms with E-state index >= 15 is 0 Å². The quantitative estimate of drug-likeness (QED) is 0.627. The van der Waals surface area contributed by atoms with E-state index < -0.39 is 0 Å². The fourth-order valence-corrected chi connectivity index (χ4v) is 1.92. The maximum Gasteiger partial charge on any atom is 0.148 e. The fraction of sp³-hybridized carbons (Fsp3) is 0.900. The van der Waals surface area contributed by atoms with Crippen LogP contribution in [-0.4, -0.2) is 29.3 Å². The fourth-order valence-electron chi connectivity index (χ4n) is 1.92. The van der Waals surface area contributed by atoms with E-state index in [1.54, 1.807) is 0 Å². The van der Waals surface area contributed by atoms with Crippen LogP contribution in [0, 0.1) is 5.92 Å². The molecular formula is C10H19NO. The van der Waals surface area contributed by atoms with Crippen molar-refractivity contribution in [3.8, 4) is 0 Å². The van der Waals surface area contributed by atoms with Gasteiger partial charge in [-0.1, -0.05) is 13.8 Å². The van der Waals surface area contributed by atoms with Crippen LogP contribution in [0.1, 0.15) is 34.1 Å². The normalized spacial score (nSPS) is 26.2. The third-order valence-electron chi connectivity index (χ3n) is 2.65. The molecule has 0 N–H and O–H groups in total. The summed E-state index contributed by atoms with van der Waals surface area (Å²) >= 11 is 0. The number of hydrogen-bond acceptors (Lipinski definition) is 2. The summed E-state index contributed by atoms with van der Waals surface area (Å²) < 4.78 is 0. The molecule has 12 heavy (non-hydrogen) atoms. The van der Waals surface area contributed by atoms with Crippen LogP contribution in [0.5, 0.6) is 0 Å². The number of Topliss-reactive ketones (excluding diaryl/α,β-unsaturated/α-hetero) is 1. The maximum atomic E-state index is 11.2. The van der Waals surface area contributed by atoms with Crippen LogP contribution >= 0.6 is 0 Å². The molecule has 2 nitrogen and oxygen atoms in total. The molecule has 0 aliphatic carbocycles. The molecule has 0 aromatic rings. The lowest BCUT2D eigenvalue weighted by Gasteiger charge is -2.29. The van der Waals surface area contributed by atoms with Crippen LogP contribution in [-0.2, 0) is 4.79 Å². The zero-order valence-electron chi connectivity index (χ0n) is 8.50. The first-order chi connectivity index (χ1) is 5.52. The third kappa shape index (κ3) is 1.86. The second-order valence-corrected chi connectivity index (χ2v) is 4.32. The summed E-state index contributed by atoms with van der Waals surface area (Å²) in [6.45, 7) is 9.37. The number of hydrogen-bond donors (Lipinski definition) is 0. The van der Waals surface area contributed by atoms with Crippen molar-refractivity contribution in [2.24, 2.45) is 5.92 Å². The standard InChI is InChI=1S/C10H19NO/c1-7(2)10-5-9(12)6-11(10)8(3)4/h7-8,10H,5-6H2,1-4H3. The summed E-state index contributed by atoms with van der Waals surface area (Å²) in [4.78, 5) is 13.5. The number of carbonyl (C=O) groups excluding carboxylic acids is 1. The Morgan fingerprint density at radius 3 is 2.25 bits per heavy atom. The summed E-state index contributed by atoms with van der Waals surface area (Å²) in [7, 11) is 0. The van der Waals surface area contributed by atoms with Gasteiger partial charge >= 0.3 is 0 Å². The lowest BCUT2D eigenvalue weighted by Crippen LogP contribution is -2.38. The maximum absolute atomic E-state index is 11.2. The van der Waals surface area contributed by atoms with Crippen LogP contribution in [0.15, 0.2) is 0 Å². The molecule has 1 aliphatic heterocycles. The van der Waals surface area contributed by atoms with Gasteiger partial charge in [-0.05, 0) is 19.8 Å². The van der Waals surface area contributed by atoms with Gasteiger partial charge in [-0.25, -0.2) is 0 Å². The molecule has 0 saturated carbocycles. The first kappa shape index (κ1) is 9.72. The smallest absolute Gasteiger partial charge is 0.148 e. The molecule has 0 spiro atoms. The van der Waals surface area contributed by atoms with Crippen molar-refractivity contribution in [3.05, 3.63) is 0 Å². The molecule has 2 heteroatoms. The van der Waals surface area contributed by atoms with Crippen molar-refractivity contribution >= 4 is 5.78 Å². The molecular weight excluding hydrogens is 150 g/mol. The minimum atomic E-state index is 0.405.